The van der Waals surface area contributed by atoms with E-state index in [1.807, 2.05) is 19.2 Å². The summed E-state index contributed by atoms with van der Waals surface area (Å²) in [5, 5.41) is 15.4. The molecule has 2 aromatic rings. The van der Waals surface area contributed by atoms with Gasteiger partial charge in [0.2, 0.25) is 0 Å². The number of aromatic nitrogens is 5. The van der Waals surface area contributed by atoms with Crippen LogP contribution in [0, 0.1) is 0 Å². The zero-order valence-electron chi connectivity index (χ0n) is 8.96. The number of rotatable bonds is 4. The Labute approximate surface area is 87.9 Å². The molecule has 2 aromatic heterocycles. The number of anilines is 1. The van der Waals surface area contributed by atoms with Crippen LogP contribution in [0.15, 0.2) is 12.1 Å². The van der Waals surface area contributed by atoms with Crippen molar-refractivity contribution in [3.63, 3.8) is 0 Å². The van der Waals surface area contributed by atoms with Crippen LogP contribution in [-0.4, -0.2) is 38.8 Å². The summed E-state index contributed by atoms with van der Waals surface area (Å²) in [5.74, 6) is 0.892. The second-order valence-corrected chi connectivity index (χ2v) is 3.49. The fraction of sp³-hybridized carbons (Fsp3) is 0.556. The highest BCUT2D eigenvalue weighted by molar-refractivity contribution is 5.43. The highest BCUT2D eigenvalue weighted by Gasteiger charge is 2.04. The molecule has 0 aromatic carbocycles. The SMILES string of the molecule is CCCCN(C)c1ccc2nnnn2n1. The lowest BCUT2D eigenvalue weighted by Crippen LogP contribution is -2.20. The third kappa shape index (κ3) is 2.03. The third-order valence-electron chi connectivity index (χ3n) is 2.29. The van der Waals surface area contributed by atoms with Crippen molar-refractivity contribution in [2.45, 2.75) is 19.8 Å². The Morgan fingerprint density at radius 2 is 2.27 bits per heavy atom. The minimum Gasteiger partial charge on any atom is -0.358 e. The number of fused-ring (bicyclic) bond motifs is 1. The molecule has 0 aliphatic carbocycles. The van der Waals surface area contributed by atoms with E-state index in [-0.39, 0.29) is 0 Å². The Morgan fingerprint density at radius 1 is 1.40 bits per heavy atom. The van der Waals surface area contributed by atoms with Crippen molar-refractivity contribution in [1.29, 1.82) is 0 Å². The van der Waals surface area contributed by atoms with E-state index in [1.165, 1.54) is 11.1 Å². The van der Waals surface area contributed by atoms with Gasteiger partial charge in [-0.15, -0.1) is 14.8 Å². The minimum absolute atomic E-state index is 0.669. The first-order chi connectivity index (χ1) is 7.31. The van der Waals surface area contributed by atoms with E-state index in [0.29, 0.717) is 5.65 Å². The maximum absolute atomic E-state index is 4.29. The van der Waals surface area contributed by atoms with Crippen LogP contribution in [0.1, 0.15) is 19.8 Å². The molecule has 0 spiro atoms. The molecule has 2 rings (SSSR count). The largest absolute Gasteiger partial charge is 0.358 e. The molecular formula is C9H14N6. The molecule has 0 fully saturated rings. The molecule has 0 saturated carbocycles. The molecule has 0 radical (unpaired) electrons. The van der Waals surface area contributed by atoms with Crippen LogP contribution in [0.5, 0.6) is 0 Å². The molecule has 80 valence electrons. The summed E-state index contributed by atoms with van der Waals surface area (Å²) < 4.78 is 1.44. The van der Waals surface area contributed by atoms with Gasteiger partial charge in [-0.3, -0.25) is 0 Å². The van der Waals surface area contributed by atoms with E-state index < -0.39 is 0 Å². The van der Waals surface area contributed by atoms with Gasteiger partial charge in [0.1, 0.15) is 0 Å². The van der Waals surface area contributed by atoms with Crippen molar-refractivity contribution in [2.24, 2.45) is 0 Å². The van der Waals surface area contributed by atoms with Crippen molar-refractivity contribution in [2.75, 3.05) is 18.5 Å². The molecular weight excluding hydrogens is 192 g/mol. The average Bonchev–Trinajstić information content (AvgIpc) is 2.72. The fourth-order valence-corrected chi connectivity index (χ4v) is 1.35. The topological polar surface area (TPSA) is 59.2 Å². The van der Waals surface area contributed by atoms with E-state index in [1.54, 1.807) is 0 Å². The van der Waals surface area contributed by atoms with Crippen molar-refractivity contribution in [1.82, 2.24) is 25.3 Å². The highest BCUT2D eigenvalue weighted by atomic mass is 15.6. The summed E-state index contributed by atoms with van der Waals surface area (Å²) in [5.41, 5.74) is 0.669. The van der Waals surface area contributed by atoms with Gasteiger partial charge in [-0.2, -0.15) is 0 Å². The maximum Gasteiger partial charge on any atom is 0.200 e. The number of hydrogen-bond donors (Lipinski definition) is 0. The predicted octanol–water partition coefficient (Wildman–Crippen LogP) is 0.756. The smallest absolute Gasteiger partial charge is 0.200 e. The second kappa shape index (κ2) is 4.20. The summed E-state index contributed by atoms with van der Waals surface area (Å²) in [7, 11) is 2.02. The van der Waals surface area contributed by atoms with Gasteiger partial charge in [-0.1, -0.05) is 13.3 Å². The first kappa shape index (κ1) is 9.82. The lowest BCUT2D eigenvalue weighted by molar-refractivity contribution is 0.706. The zero-order valence-corrected chi connectivity index (χ0v) is 8.96. The van der Waals surface area contributed by atoms with Gasteiger partial charge in [0.15, 0.2) is 11.5 Å². The predicted molar refractivity (Wildman–Crippen MR) is 56.8 cm³/mol. The van der Waals surface area contributed by atoms with Gasteiger partial charge in [0.05, 0.1) is 0 Å². The van der Waals surface area contributed by atoms with E-state index >= 15 is 0 Å². The lowest BCUT2D eigenvalue weighted by atomic mass is 10.3. The minimum atomic E-state index is 0.669. The monoisotopic (exact) mass is 206 g/mol. The van der Waals surface area contributed by atoms with E-state index in [9.17, 15) is 0 Å². The van der Waals surface area contributed by atoms with Gasteiger partial charge >= 0.3 is 0 Å². The molecule has 0 N–H and O–H groups in total. The molecule has 0 aliphatic rings. The van der Waals surface area contributed by atoms with Gasteiger partial charge < -0.3 is 4.90 Å². The van der Waals surface area contributed by atoms with Crippen molar-refractivity contribution in [3.8, 4) is 0 Å². The Kier molecular flexibility index (Phi) is 2.75. The average molecular weight is 206 g/mol. The quantitative estimate of drug-likeness (QED) is 0.739. The van der Waals surface area contributed by atoms with Crippen molar-refractivity contribution in [3.05, 3.63) is 12.1 Å². The Balaban J connectivity index is 2.19. The van der Waals surface area contributed by atoms with E-state index in [4.69, 9.17) is 0 Å². The number of nitrogens with zero attached hydrogens (tertiary/aromatic N) is 6. The molecule has 0 unspecified atom stereocenters. The van der Waals surface area contributed by atoms with Crippen LogP contribution in [0.4, 0.5) is 5.82 Å². The van der Waals surface area contributed by atoms with Gasteiger partial charge in [-0.25, -0.2) is 0 Å². The Morgan fingerprint density at radius 3 is 3.07 bits per heavy atom. The van der Waals surface area contributed by atoms with Crippen LogP contribution >= 0.6 is 0 Å². The zero-order chi connectivity index (χ0) is 10.7. The number of tetrazole rings is 1. The standard InChI is InChI=1S/C9H14N6/c1-3-4-7-14(2)9-6-5-8-10-12-13-15(8)11-9/h5-6H,3-4,7H2,1-2H3. The summed E-state index contributed by atoms with van der Waals surface area (Å²) in [6.45, 7) is 3.17. The van der Waals surface area contributed by atoms with Crippen molar-refractivity contribution >= 4 is 11.5 Å². The van der Waals surface area contributed by atoms with Crippen LogP contribution in [0.25, 0.3) is 5.65 Å². The van der Waals surface area contributed by atoms with Crippen LogP contribution in [0.2, 0.25) is 0 Å². The third-order valence-corrected chi connectivity index (χ3v) is 2.29. The number of unbranched alkanes of at least 4 members (excludes halogenated alkanes) is 1. The van der Waals surface area contributed by atoms with Gasteiger partial charge in [0.25, 0.3) is 0 Å². The Bertz CT molecular complexity index is 437. The molecule has 15 heavy (non-hydrogen) atoms. The highest BCUT2D eigenvalue weighted by Crippen LogP contribution is 2.08. The first-order valence-corrected chi connectivity index (χ1v) is 5.08. The molecule has 0 aliphatic heterocycles. The molecule has 2 heterocycles. The van der Waals surface area contributed by atoms with Gasteiger partial charge in [0, 0.05) is 13.6 Å². The van der Waals surface area contributed by atoms with E-state index in [0.717, 1.165) is 18.8 Å². The fourth-order valence-electron chi connectivity index (χ4n) is 1.35. The summed E-state index contributed by atoms with van der Waals surface area (Å²) >= 11 is 0. The van der Waals surface area contributed by atoms with Crippen LogP contribution in [-0.2, 0) is 0 Å². The molecule has 0 bridgehead atoms. The lowest BCUT2D eigenvalue weighted by Gasteiger charge is -2.16. The first-order valence-electron chi connectivity index (χ1n) is 5.08. The molecule has 0 amide bonds. The summed E-state index contributed by atoms with van der Waals surface area (Å²) in [6.07, 6.45) is 2.34. The second-order valence-electron chi connectivity index (χ2n) is 3.49. The maximum atomic E-state index is 4.29. The number of hydrogen-bond acceptors (Lipinski definition) is 5. The Hall–Kier alpha value is -1.72. The normalized spacial score (nSPS) is 10.8. The van der Waals surface area contributed by atoms with E-state index in [2.05, 4.69) is 32.4 Å². The molecule has 0 saturated heterocycles. The molecule has 0 atom stereocenters. The molecule has 6 nitrogen and oxygen atoms in total. The van der Waals surface area contributed by atoms with Gasteiger partial charge in [-0.05, 0) is 29.0 Å². The van der Waals surface area contributed by atoms with Crippen LogP contribution < -0.4 is 4.90 Å². The van der Waals surface area contributed by atoms with Crippen molar-refractivity contribution < 1.29 is 0 Å². The molecule has 6 heteroatoms. The summed E-state index contributed by atoms with van der Waals surface area (Å²) in [4.78, 5) is 2.10. The summed E-state index contributed by atoms with van der Waals surface area (Å²) in [6, 6.07) is 3.80. The van der Waals surface area contributed by atoms with Crippen LogP contribution in [0.3, 0.4) is 0 Å².